The van der Waals surface area contributed by atoms with Gasteiger partial charge in [0.2, 0.25) is 5.91 Å². The van der Waals surface area contributed by atoms with E-state index >= 15 is 0 Å². The standard InChI is InChI=1S/C29H23FN6O4/c1-17-2-11-23(29(39)36(17)20-7-5-19(30)6-8-20)28(38)33-24-12-9-21(14-31-24)40-22-10-13-26-32-25(16-35(26)15-22)34-27(37)18-3-4-18/h2,5-16,18H,3-4H2,1H3,(H,34,37)(H,31,33,38). The fraction of sp³-hybridized carbons (Fsp3) is 0.138. The molecule has 1 aliphatic carbocycles. The highest BCUT2D eigenvalue weighted by Crippen LogP contribution is 2.30. The fourth-order valence-electron chi connectivity index (χ4n) is 4.21. The average molecular weight is 539 g/mol. The summed E-state index contributed by atoms with van der Waals surface area (Å²) in [4.78, 5) is 46.6. The lowest BCUT2D eigenvalue weighted by Crippen LogP contribution is -2.29. The molecule has 11 heteroatoms. The second kappa shape index (κ2) is 10.1. The van der Waals surface area contributed by atoms with Gasteiger partial charge in [-0.3, -0.25) is 19.0 Å². The Morgan fingerprint density at radius 1 is 0.925 bits per heavy atom. The summed E-state index contributed by atoms with van der Waals surface area (Å²) >= 11 is 0. The van der Waals surface area contributed by atoms with E-state index in [1.165, 1.54) is 41.1 Å². The third kappa shape index (κ3) is 5.17. The summed E-state index contributed by atoms with van der Waals surface area (Å²) in [6.45, 7) is 1.73. The van der Waals surface area contributed by atoms with Crippen LogP contribution in [0.15, 0.2) is 84.0 Å². The van der Waals surface area contributed by atoms with Gasteiger partial charge >= 0.3 is 0 Å². The van der Waals surface area contributed by atoms with Crippen molar-refractivity contribution in [3.05, 3.63) is 107 Å². The minimum Gasteiger partial charge on any atom is -0.454 e. The monoisotopic (exact) mass is 538 g/mol. The first kappa shape index (κ1) is 25.0. The lowest BCUT2D eigenvalue weighted by molar-refractivity contribution is -0.117. The highest BCUT2D eigenvalue weighted by Gasteiger charge is 2.30. The summed E-state index contributed by atoms with van der Waals surface area (Å²) < 4.78 is 22.3. The van der Waals surface area contributed by atoms with Crippen molar-refractivity contribution < 1.29 is 18.7 Å². The molecule has 5 aromatic rings. The number of amides is 2. The molecule has 0 radical (unpaired) electrons. The second-order valence-corrected chi connectivity index (χ2v) is 9.46. The van der Waals surface area contributed by atoms with E-state index in [0.29, 0.717) is 34.3 Å². The van der Waals surface area contributed by atoms with Crippen molar-refractivity contribution in [3.63, 3.8) is 0 Å². The van der Waals surface area contributed by atoms with Crippen LogP contribution in [0.2, 0.25) is 0 Å². The van der Waals surface area contributed by atoms with Crippen LogP contribution in [-0.2, 0) is 4.79 Å². The van der Waals surface area contributed by atoms with Crippen LogP contribution in [0.3, 0.4) is 0 Å². The van der Waals surface area contributed by atoms with Crippen molar-refractivity contribution in [2.75, 3.05) is 10.6 Å². The molecule has 4 aromatic heterocycles. The molecule has 200 valence electrons. The average Bonchev–Trinajstić information content (AvgIpc) is 3.71. The molecule has 40 heavy (non-hydrogen) atoms. The van der Waals surface area contributed by atoms with Crippen LogP contribution in [0, 0.1) is 18.7 Å². The number of aromatic nitrogens is 4. The van der Waals surface area contributed by atoms with E-state index in [0.717, 1.165) is 12.8 Å². The molecular weight excluding hydrogens is 515 g/mol. The quantitative estimate of drug-likeness (QED) is 0.310. The predicted molar refractivity (Wildman–Crippen MR) is 146 cm³/mol. The zero-order valence-corrected chi connectivity index (χ0v) is 21.3. The minimum absolute atomic E-state index is 0.0148. The summed E-state index contributed by atoms with van der Waals surface area (Å²) in [7, 11) is 0. The molecule has 2 amide bonds. The summed E-state index contributed by atoms with van der Waals surface area (Å²) in [5, 5.41) is 5.45. The first-order chi connectivity index (χ1) is 19.3. The largest absolute Gasteiger partial charge is 0.454 e. The Labute approximate surface area is 227 Å². The maximum absolute atomic E-state index is 13.3. The van der Waals surface area contributed by atoms with Crippen molar-refractivity contribution >= 4 is 29.1 Å². The number of fused-ring (bicyclic) bond motifs is 1. The summed E-state index contributed by atoms with van der Waals surface area (Å²) in [6, 6.07) is 15.2. The number of carbonyl (C=O) groups excluding carboxylic acids is 2. The van der Waals surface area contributed by atoms with Gasteiger partial charge in [0.15, 0.2) is 5.82 Å². The van der Waals surface area contributed by atoms with Gasteiger partial charge in [-0.15, -0.1) is 0 Å². The number of nitrogens with one attached hydrogen (secondary N) is 2. The number of rotatable bonds is 7. The topological polar surface area (TPSA) is 120 Å². The van der Waals surface area contributed by atoms with E-state index < -0.39 is 17.3 Å². The number of anilines is 2. The predicted octanol–water partition coefficient (Wildman–Crippen LogP) is 4.72. The Morgan fingerprint density at radius 2 is 1.70 bits per heavy atom. The normalized spacial score (nSPS) is 12.8. The van der Waals surface area contributed by atoms with Crippen molar-refractivity contribution in [3.8, 4) is 17.2 Å². The van der Waals surface area contributed by atoms with Crippen LogP contribution in [0.4, 0.5) is 16.0 Å². The molecule has 4 heterocycles. The molecule has 1 aromatic carbocycles. The zero-order chi connectivity index (χ0) is 27.8. The van der Waals surface area contributed by atoms with E-state index in [1.54, 1.807) is 54.0 Å². The highest BCUT2D eigenvalue weighted by molar-refractivity contribution is 6.03. The van der Waals surface area contributed by atoms with Crippen LogP contribution >= 0.6 is 0 Å². The number of benzene rings is 1. The van der Waals surface area contributed by atoms with Gasteiger partial charge in [0.05, 0.1) is 18.6 Å². The number of ether oxygens (including phenoxy) is 1. The maximum Gasteiger partial charge on any atom is 0.268 e. The number of halogens is 1. The van der Waals surface area contributed by atoms with Gasteiger partial charge in [0, 0.05) is 17.3 Å². The van der Waals surface area contributed by atoms with Crippen molar-refractivity contribution in [1.82, 2.24) is 18.9 Å². The lowest BCUT2D eigenvalue weighted by atomic mass is 10.2. The molecule has 1 aliphatic rings. The SMILES string of the molecule is Cc1ccc(C(=O)Nc2ccc(Oc3ccc4nc(NC(=O)C5CC5)cn4c3)cn2)c(=O)n1-c1ccc(F)cc1. The van der Waals surface area contributed by atoms with E-state index in [9.17, 15) is 18.8 Å². The maximum atomic E-state index is 13.3. The first-order valence-corrected chi connectivity index (χ1v) is 12.6. The van der Waals surface area contributed by atoms with E-state index in [4.69, 9.17) is 4.74 Å². The Balaban J connectivity index is 1.14. The molecular formula is C29H23FN6O4. The molecule has 1 fully saturated rings. The summed E-state index contributed by atoms with van der Waals surface area (Å²) in [6.07, 6.45) is 6.72. The molecule has 6 rings (SSSR count). The number of hydrogen-bond donors (Lipinski definition) is 2. The third-order valence-electron chi connectivity index (χ3n) is 6.44. The molecule has 0 unspecified atom stereocenters. The Kier molecular flexibility index (Phi) is 6.31. The first-order valence-electron chi connectivity index (χ1n) is 12.6. The van der Waals surface area contributed by atoms with E-state index in [1.807, 2.05) is 0 Å². The summed E-state index contributed by atoms with van der Waals surface area (Å²) in [5.74, 6) is 0.670. The number of hydrogen-bond acceptors (Lipinski definition) is 6. The minimum atomic E-state index is -0.628. The molecule has 0 atom stereocenters. The lowest BCUT2D eigenvalue weighted by Gasteiger charge is -2.12. The molecule has 0 saturated heterocycles. The van der Waals surface area contributed by atoms with Crippen LogP contribution in [0.25, 0.3) is 11.3 Å². The van der Waals surface area contributed by atoms with Crippen LogP contribution in [-0.4, -0.2) is 30.8 Å². The van der Waals surface area contributed by atoms with Gasteiger partial charge < -0.3 is 19.8 Å². The number of carbonyl (C=O) groups is 2. The van der Waals surface area contributed by atoms with Gasteiger partial charge in [-0.05, 0) is 80.4 Å². The van der Waals surface area contributed by atoms with Crippen LogP contribution < -0.4 is 20.9 Å². The van der Waals surface area contributed by atoms with E-state index in [-0.39, 0.29) is 23.2 Å². The van der Waals surface area contributed by atoms with Crippen LogP contribution in [0.5, 0.6) is 11.5 Å². The van der Waals surface area contributed by atoms with Crippen LogP contribution in [0.1, 0.15) is 28.9 Å². The fourth-order valence-corrected chi connectivity index (χ4v) is 4.21. The van der Waals surface area contributed by atoms with Crippen molar-refractivity contribution in [1.29, 1.82) is 0 Å². The summed E-state index contributed by atoms with van der Waals surface area (Å²) in [5.41, 5.74) is 1.09. The second-order valence-electron chi connectivity index (χ2n) is 9.46. The smallest absolute Gasteiger partial charge is 0.268 e. The number of pyridine rings is 3. The van der Waals surface area contributed by atoms with Crippen molar-refractivity contribution in [2.45, 2.75) is 19.8 Å². The van der Waals surface area contributed by atoms with Gasteiger partial charge in [0.25, 0.3) is 11.5 Å². The molecule has 0 bridgehead atoms. The Bertz CT molecular complexity index is 1810. The number of imidazole rings is 1. The molecule has 0 spiro atoms. The van der Waals surface area contributed by atoms with Gasteiger partial charge in [-0.1, -0.05) is 0 Å². The Hall–Kier alpha value is -5.32. The zero-order valence-electron chi connectivity index (χ0n) is 21.3. The molecule has 0 aliphatic heterocycles. The Morgan fingerprint density at radius 3 is 2.42 bits per heavy atom. The number of aryl methyl sites for hydroxylation is 1. The molecule has 2 N–H and O–H groups in total. The van der Waals surface area contributed by atoms with Gasteiger partial charge in [0.1, 0.15) is 34.3 Å². The van der Waals surface area contributed by atoms with Gasteiger partial charge in [-0.25, -0.2) is 14.4 Å². The van der Waals surface area contributed by atoms with Crippen molar-refractivity contribution in [2.24, 2.45) is 5.92 Å². The molecule has 10 nitrogen and oxygen atoms in total. The highest BCUT2D eigenvalue weighted by atomic mass is 19.1. The number of nitrogens with zero attached hydrogens (tertiary/aromatic N) is 4. The van der Waals surface area contributed by atoms with E-state index in [2.05, 4.69) is 20.6 Å². The third-order valence-corrected chi connectivity index (χ3v) is 6.44. The molecule has 1 saturated carbocycles. The van der Waals surface area contributed by atoms with Gasteiger partial charge in [-0.2, -0.15) is 0 Å².